The molecule has 0 amide bonds. The van der Waals surface area contributed by atoms with Gasteiger partial charge in [-0.05, 0) is 38.1 Å². The third-order valence-electron chi connectivity index (χ3n) is 2.67. The molecule has 0 saturated carbocycles. The first-order valence-corrected chi connectivity index (χ1v) is 8.54. The lowest BCUT2D eigenvalue weighted by Gasteiger charge is -2.08. The average Bonchev–Trinajstić information content (AvgIpc) is 2.85. The van der Waals surface area contributed by atoms with Gasteiger partial charge < -0.3 is 5.32 Å². The minimum Gasteiger partial charge on any atom is -0.308 e. The Labute approximate surface area is 134 Å². The van der Waals surface area contributed by atoms with E-state index in [1.165, 1.54) is 0 Å². The quantitative estimate of drug-likeness (QED) is 0.778. The number of nitrogens with one attached hydrogen (secondary N) is 1. The lowest BCUT2D eigenvalue weighted by Crippen LogP contribution is -2.18. The van der Waals surface area contributed by atoms with Crippen molar-refractivity contribution in [1.29, 1.82) is 0 Å². The van der Waals surface area contributed by atoms with E-state index in [0.717, 1.165) is 37.5 Å². The Bertz CT molecular complexity index is 557. The number of hydrogen-bond acceptors (Lipinski definition) is 4. The van der Waals surface area contributed by atoms with E-state index < -0.39 is 0 Å². The minimum absolute atomic E-state index is 0.250. The normalized spacial score (nSPS) is 12.6. The van der Waals surface area contributed by atoms with Crippen LogP contribution in [0.2, 0.25) is 0 Å². The average molecular weight is 405 g/mol. The first-order valence-electron chi connectivity index (χ1n) is 6.14. The van der Waals surface area contributed by atoms with E-state index in [1.54, 1.807) is 11.3 Å². The molecular formula is C13H15Br2N3S. The zero-order valence-electron chi connectivity index (χ0n) is 10.8. The van der Waals surface area contributed by atoms with Crippen molar-refractivity contribution in [2.45, 2.75) is 26.3 Å². The van der Waals surface area contributed by atoms with Gasteiger partial charge in [0.2, 0.25) is 0 Å². The summed E-state index contributed by atoms with van der Waals surface area (Å²) in [5.41, 5.74) is 1.08. The first-order chi connectivity index (χ1) is 9.11. The topological polar surface area (TPSA) is 37.8 Å². The van der Waals surface area contributed by atoms with Gasteiger partial charge in [0.1, 0.15) is 10.0 Å². The van der Waals surface area contributed by atoms with E-state index in [9.17, 15) is 0 Å². The second-order valence-electron chi connectivity index (χ2n) is 4.25. The Morgan fingerprint density at radius 2 is 2.11 bits per heavy atom. The highest BCUT2D eigenvalue weighted by molar-refractivity contribution is 9.11. The summed E-state index contributed by atoms with van der Waals surface area (Å²) < 4.78 is 2.07. The van der Waals surface area contributed by atoms with Gasteiger partial charge in [0, 0.05) is 14.5 Å². The van der Waals surface area contributed by atoms with Crippen LogP contribution in [0.3, 0.4) is 0 Å². The predicted octanol–water partition coefficient (Wildman–Crippen LogP) is 4.79. The van der Waals surface area contributed by atoms with E-state index in [2.05, 4.69) is 61.2 Å². The molecule has 2 rings (SSSR count). The summed E-state index contributed by atoms with van der Waals surface area (Å²) in [6, 6.07) is 6.33. The summed E-state index contributed by atoms with van der Waals surface area (Å²) in [5, 5.41) is 14.0. The molecule has 0 aliphatic carbocycles. The smallest absolute Gasteiger partial charge is 0.148 e. The van der Waals surface area contributed by atoms with Gasteiger partial charge in [0.25, 0.3) is 0 Å². The van der Waals surface area contributed by atoms with Crippen LogP contribution < -0.4 is 5.32 Å². The molecule has 1 unspecified atom stereocenters. The van der Waals surface area contributed by atoms with Crippen molar-refractivity contribution in [3.8, 4) is 10.6 Å². The van der Waals surface area contributed by atoms with Gasteiger partial charge >= 0.3 is 0 Å². The van der Waals surface area contributed by atoms with Crippen LogP contribution in [0.4, 0.5) is 0 Å². The third-order valence-corrected chi connectivity index (χ3v) is 4.96. The van der Waals surface area contributed by atoms with Gasteiger partial charge in [-0.2, -0.15) is 0 Å². The van der Waals surface area contributed by atoms with E-state index in [4.69, 9.17) is 0 Å². The Hall–Kier alpha value is -0.300. The number of benzene rings is 1. The maximum absolute atomic E-state index is 4.29. The molecule has 2 aromatic rings. The largest absolute Gasteiger partial charge is 0.308 e. The lowest BCUT2D eigenvalue weighted by molar-refractivity contribution is 0.564. The van der Waals surface area contributed by atoms with Gasteiger partial charge in [-0.1, -0.05) is 50.1 Å². The maximum Gasteiger partial charge on any atom is 0.148 e. The molecule has 0 radical (unpaired) electrons. The van der Waals surface area contributed by atoms with Crippen LogP contribution in [-0.2, 0) is 0 Å². The molecule has 0 aliphatic heterocycles. The molecule has 0 aliphatic rings. The van der Waals surface area contributed by atoms with Crippen molar-refractivity contribution in [2.24, 2.45) is 0 Å². The Kier molecular flexibility index (Phi) is 5.50. The summed E-state index contributed by atoms with van der Waals surface area (Å²) in [6.07, 6.45) is 1.12. The highest BCUT2D eigenvalue weighted by atomic mass is 79.9. The number of hydrogen-bond donors (Lipinski definition) is 1. The number of nitrogens with zero attached hydrogens (tertiary/aromatic N) is 2. The summed E-state index contributed by atoms with van der Waals surface area (Å²) in [6.45, 7) is 5.28. The number of aromatic nitrogens is 2. The van der Waals surface area contributed by atoms with Crippen LogP contribution in [-0.4, -0.2) is 16.7 Å². The van der Waals surface area contributed by atoms with Gasteiger partial charge in [-0.3, -0.25) is 0 Å². The molecule has 0 spiro atoms. The molecule has 1 N–H and O–H groups in total. The zero-order chi connectivity index (χ0) is 13.8. The molecule has 102 valence electrons. The van der Waals surface area contributed by atoms with Crippen molar-refractivity contribution in [2.75, 3.05) is 6.54 Å². The molecule has 0 fully saturated rings. The highest BCUT2D eigenvalue weighted by Crippen LogP contribution is 2.33. The SMILES string of the molecule is CCCNC(C)c1nnc(-c2ccc(Br)cc2Br)s1. The Balaban J connectivity index is 2.20. The van der Waals surface area contributed by atoms with Crippen molar-refractivity contribution in [3.63, 3.8) is 0 Å². The second-order valence-corrected chi connectivity index (χ2v) is 7.02. The van der Waals surface area contributed by atoms with E-state index in [-0.39, 0.29) is 6.04 Å². The van der Waals surface area contributed by atoms with Crippen LogP contribution in [0, 0.1) is 0 Å². The van der Waals surface area contributed by atoms with Gasteiger partial charge in [0.15, 0.2) is 0 Å². The fraction of sp³-hybridized carbons (Fsp3) is 0.385. The maximum atomic E-state index is 4.29. The number of halogens is 2. The number of rotatable bonds is 5. The monoisotopic (exact) mass is 403 g/mol. The minimum atomic E-state index is 0.250. The van der Waals surface area contributed by atoms with Crippen molar-refractivity contribution < 1.29 is 0 Å². The Morgan fingerprint density at radius 3 is 2.79 bits per heavy atom. The van der Waals surface area contributed by atoms with E-state index in [0.29, 0.717) is 0 Å². The van der Waals surface area contributed by atoms with Crippen LogP contribution >= 0.6 is 43.2 Å². The van der Waals surface area contributed by atoms with Crippen LogP contribution in [0.25, 0.3) is 10.6 Å². The van der Waals surface area contributed by atoms with Gasteiger partial charge in [0.05, 0.1) is 6.04 Å². The van der Waals surface area contributed by atoms with Gasteiger partial charge in [-0.25, -0.2) is 0 Å². The first kappa shape index (κ1) is 15.1. The molecule has 1 aromatic carbocycles. The standard InChI is InChI=1S/C13H15Br2N3S/c1-3-6-16-8(2)12-17-18-13(19-12)10-5-4-9(14)7-11(10)15/h4-5,7-8,16H,3,6H2,1-2H3. The van der Waals surface area contributed by atoms with Crippen LogP contribution in [0.15, 0.2) is 27.1 Å². The second kappa shape index (κ2) is 6.92. The van der Waals surface area contributed by atoms with Crippen molar-refractivity contribution >= 4 is 43.2 Å². The lowest BCUT2D eigenvalue weighted by atomic mass is 10.2. The Morgan fingerprint density at radius 1 is 1.32 bits per heavy atom. The predicted molar refractivity (Wildman–Crippen MR) is 87.5 cm³/mol. The molecule has 3 nitrogen and oxygen atoms in total. The zero-order valence-corrected chi connectivity index (χ0v) is 14.8. The molecule has 0 saturated heterocycles. The molecule has 1 atom stereocenters. The molecule has 6 heteroatoms. The summed E-state index contributed by atoms with van der Waals surface area (Å²) in [5.74, 6) is 0. The summed E-state index contributed by atoms with van der Waals surface area (Å²) >= 11 is 8.65. The highest BCUT2D eigenvalue weighted by Gasteiger charge is 2.14. The summed E-state index contributed by atoms with van der Waals surface area (Å²) in [7, 11) is 0. The van der Waals surface area contributed by atoms with Crippen LogP contribution in [0.1, 0.15) is 31.3 Å². The van der Waals surface area contributed by atoms with Crippen molar-refractivity contribution in [3.05, 3.63) is 32.2 Å². The molecule has 1 heterocycles. The van der Waals surface area contributed by atoms with Crippen LogP contribution in [0.5, 0.6) is 0 Å². The fourth-order valence-corrected chi connectivity index (χ4v) is 3.91. The molecule has 19 heavy (non-hydrogen) atoms. The van der Waals surface area contributed by atoms with Crippen molar-refractivity contribution in [1.82, 2.24) is 15.5 Å². The molecule has 0 bridgehead atoms. The fourth-order valence-electron chi connectivity index (χ4n) is 1.63. The van der Waals surface area contributed by atoms with E-state index >= 15 is 0 Å². The summed E-state index contributed by atoms with van der Waals surface area (Å²) in [4.78, 5) is 0. The molecule has 1 aromatic heterocycles. The third kappa shape index (κ3) is 3.84. The molecular weight excluding hydrogens is 390 g/mol. The van der Waals surface area contributed by atoms with E-state index in [1.807, 2.05) is 18.2 Å². The van der Waals surface area contributed by atoms with Gasteiger partial charge in [-0.15, -0.1) is 10.2 Å².